The Hall–Kier alpha value is -2.91. The Morgan fingerprint density at radius 1 is 1.09 bits per heavy atom. The Labute approximate surface area is 201 Å². The number of carbonyl (C=O) groups is 2. The largest absolute Gasteiger partial charge is 0.496 e. The molecule has 0 aromatic heterocycles. The maximum absolute atomic E-state index is 12.0. The summed E-state index contributed by atoms with van der Waals surface area (Å²) in [5.41, 5.74) is 6.73. The lowest BCUT2D eigenvalue weighted by Gasteiger charge is -2.20. The molecule has 0 radical (unpaired) electrons. The lowest BCUT2D eigenvalue weighted by atomic mass is 9.87. The second-order valence-corrected chi connectivity index (χ2v) is 9.01. The number of para-hydroxylation sites is 1. The zero-order valence-electron chi connectivity index (χ0n) is 18.3. The molecule has 2 amide bonds. The van der Waals surface area contributed by atoms with Crippen molar-refractivity contribution in [1.82, 2.24) is 16.2 Å². The lowest BCUT2D eigenvalue weighted by molar-refractivity contribution is -0.123. The summed E-state index contributed by atoms with van der Waals surface area (Å²) in [6, 6.07) is 13.0. The molecule has 0 aliphatic rings. The SMILES string of the molecule is COc1ccccc1/C=C/C(=O)NC(=S)NNC(=O)COc1ccc(C(C)(C)C)cc1Br. The number of amides is 2. The third-order valence-electron chi connectivity index (χ3n) is 4.26. The number of methoxy groups -OCH3 is 1. The second kappa shape index (κ2) is 11.6. The third-order valence-corrected chi connectivity index (χ3v) is 5.09. The summed E-state index contributed by atoms with van der Waals surface area (Å²) < 4.78 is 11.5. The van der Waals surface area contributed by atoms with Gasteiger partial charge in [0.25, 0.3) is 5.91 Å². The first-order valence-electron chi connectivity index (χ1n) is 9.74. The van der Waals surface area contributed by atoms with Crippen molar-refractivity contribution < 1.29 is 19.1 Å². The van der Waals surface area contributed by atoms with E-state index in [-0.39, 0.29) is 17.1 Å². The molecule has 0 saturated heterocycles. The molecule has 0 saturated carbocycles. The average Bonchev–Trinajstić information content (AvgIpc) is 2.74. The van der Waals surface area contributed by atoms with Crippen LogP contribution in [0.3, 0.4) is 0 Å². The highest BCUT2D eigenvalue weighted by molar-refractivity contribution is 9.10. The lowest BCUT2D eigenvalue weighted by Crippen LogP contribution is -2.49. The fourth-order valence-corrected chi connectivity index (χ4v) is 3.19. The molecule has 9 heteroatoms. The summed E-state index contributed by atoms with van der Waals surface area (Å²) in [6.07, 6.45) is 2.92. The normalized spacial score (nSPS) is 11.0. The Balaban J connectivity index is 1.77. The van der Waals surface area contributed by atoms with Crippen molar-refractivity contribution in [2.45, 2.75) is 26.2 Å². The maximum Gasteiger partial charge on any atom is 0.276 e. The Morgan fingerprint density at radius 2 is 1.81 bits per heavy atom. The van der Waals surface area contributed by atoms with Gasteiger partial charge in [-0.25, -0.2) is 0 Å². The highest BCUT2D eigenvalue weighted by Crippen LogP contribution is 2.31. The van der Waals surface area contributed by atoms with E-state index in [9.17, 15) is 9.59 Å². The molecule has 2 aromatic carbocycles. The van der Waals surface area contributed by atoms with Crippen LogP contribution in [0.2, 0.25) is 0 Å². The highest BCUT2D eigenvalue weighted by Gasteiger charge is 2.15. The minimum atomic E-state index is -0.460. The summed E-state index contributed by atoms with van der Waals surface area (Å²) in [5.74, 6) is 0.273. The smallest absolute Gasteiger partial charge is 0.276 e. The van der Waals surface area contributed by atoms with E-state index in [4.69, 9.17) is 21.7 Å². The van der Waals surface area contributed by atoms with Crippen LogP contribution in [0.4, 0.5) is 0 Å². The number of hydrazine groups is 1. The van der Waals surface area contributed by atoms with Gasteiger partial charge >= 0.3 is 0 Å². The number of thiocarbonyl (C=S) groups is 1. The van der Waals surface area contributed by atoms with E-state index in [1.54, 1.807) is 19.3 Å². The van der Waals surface area contributed by atoms with Gasteiger partial charge in [0.1, 0.15) is 11.5 Å². The first-order valence-corrected chi connectivity index (χ1v) is 10.9. The Bertz CT molecular complexity index is 1020. The van der Waals surface area contributed by atoms with Crippen molar-refractivity contribution in [2.24, 2.45) is 0 Å². The Kier molecular flexibility index (Phi) is 9.22. The predicted molar refractivity (Wildman–Crippen MR) is 132 cm³/mol. The molecular formula is C23H26BrN3O4S. The van der Waals surface area contributed by atoms with Gasteiger partial charge in [0.15, 0.2) is 11.7 Å². The number of rotatable bonds is 6. The van der Waals surface area contributed by atoms with Crippen molar-refractivity contribution in [3.05, 3.63) is 64.1 Å². The predicted octanol–water partition coefficient (Wildman–Crippen LogP) is 3.87. The van der Waals surface area contributed by atoms with Crippen LogP contribution in [0.5, 0.6) is 11.5 Å². The highest BCUT2D eigenvalue weighted by atomic mass is 79.9. The van der Waals surface area contributed by atoms with Crippen LogP contribution in [0, 0.1) is 0 Å². The van der Waals surface area contributed by atoms with Crippen molar-refractivity contribution in [3.8, 4) is 11.5 Å². The standard InChI is InChI=1S/C23H26BrN3O4S/c1-23(2,3)16-10-11-19(17(24)13-16)31-14-21(29)26-27-22(32)25-20(28)12-9-15-7-5-6-8-18(15)30-4/h5-13H,14H2,1-4H3,(H,26,29)(H2,25,27,28,32)/b12-9+. The van der Waals surface area contributed by atoms with Crippen LogP contribution >= 0.6 is 28.1 Å². The van der Waals surface area contributed by atoms with Crippen LogP contribution < -0.4 is 25.6 Å². The third kappa shape index (κ3) is 7.97. The van der Waals surface area contributed by atoms with Crippen molar-refractivity contribution in [3.63, 3.8) is 0 Å². The number of nitrogens with one attached hydrogen (secondary N) is 3. The van der Waals surface area contributed by atoms with Crippen molar-refractivity contribution in [1.29, 1.82) is 0 Å². The monoisotopic (exact) mass is 519 g/mol. The molecule has 0 aliphatic heterocycles. The number of hydrogen-bond donors (Lipinski definition) is 3. The number of hydrogen-bond acceptors (Lipinski definition) is 5. The van der Waals surface area contributed by atoms with E-state index in [2.05, 4.69) is 52.9 Å². The van der Waals surface area contributed by atoms with E-state index in [1.807, 2.05) is 36.4 Å². The minimum absolute atomic E-state index is 0.00479. The van der Waals surface area contributed by atoms with Gasteiger partial charge in [0.05, 0.1) is 11.6 Å². The summed E-state index contributed by atoms with van der Waals surface area (Å²) in [7, 11) is 1.55. The molecule has 2 rings (SSSR count). The van der Waals surface area contributed by atoms with E-state index >= 15 is 0 Å². The van der Waals surface area contributed by atoms with Gasteiger partial charge in [-0.2, -0.15) is 0 Å². The molecule has 0 aliphatic carbocycles. The van der Waals surface area contributed by atoms with Gasteiger partial charge in [-0.3, -0.25) is 25.8 Å². The summed E-state index contributed by atoms with van der Waals surface area (Å²) in [5, 5.41) is 2.38. The van der Waals surface area contributed by atoms with Gasteiger partial charge in [0.2, 0.25) is 5.91 Å². The molecular weight excluding hydrogens is 494 g/mol. The number of ether oxygens (including phenoxy) is 2. The quantitative estimate of drug-likeness (QED) is 0.305. The molecule has 0 heterocycles. The first-order chi connectivity index (χ1) is 15.1. The van der Waals surface area contributed by atoms with Crippen molar-refractivity contribution in [2.75, 3.05) is 13.7 Å². The summed E-state index contributed by atoms with van der Waals surface area (Å²) >= 11 is 8.48. The number of benzene rings is 2. The molecule has 3 N–H and O–H groups in total. The molecule has 0 bridgehead atoms. The molecule has 2 aromatic rings. The van der Waals surface area contributed by atoms with Crippen LogP contribution in [0.25, 0.3) is 6.08 Å². The zero-order valence-corrected chi connectivity index (χ0v) is 20.7. The van der Waals surface area contributed by atoms with Crippen LogP contribution in [-0.4, -0.2) is 30.6 Å². The molecule has 170 valence electrons. The first kappa shape index (κ1) is 25.4. The molecule has 0 spiro atoms. The van der Waals surface area contributed by atoms with Gasteiger partial charge < -0.3 is 9.47 Å². The fourth-order valence-electron chi connectivity index (χ4n) is 2.54. The zero-order chi connectivity index (χ0) is 23.7. The molecule has 0 unspecified atom stereocenters. The van der Waals surface area contributed by atoms with Gasteiger partial charge in [-0.1, -0.05) is 45.0 Å². The van der Waals surface area contributed by atoms with E-state index in [0.29, 0.717) is 11.5 Å². The minimum Gasteiger partial charge on any atom is -0.496 e. The molecule has 0 atom stereocenters. The van der Waals surface area contributed by atoms with Gasteiger partial charge in [-0.05, 0) is 63.4 Å². The van der Waals surface area contributed by atoms with E-state index in [0.717, 1.165) is 15.6 Å². The number of carbonyl (C=O) groups excluding carboxylic acids is 2. The molecule has 32 heavy (non-hydrogen) atoms. The fraction of sp³-hybridized carbons (Fsp3) is 0.261. The van der Waals surface area contributed by atoms with E-state index in [1.165, 1.54) is 6.08 Å². The van der Waals surface area contributed by atoms with Crippen LogP contribution in [0.15, 0.2) is 53.0 Å². The molecule has 0 fully saturated rings. The molecule has 7 nitrogen and oxygen atoms in total. The van der Waals surface area contributed by atoms with Crippen LogP contribution in [0.1, 0.15) is 31.9 Å². The topological polar surface area (TPSA) is 88.7 Å². The second-order valence-electron chi connectivity index (χ2n) is 7.75. The maximum atomic E-state index is 12.0. The number of halogens is 1. The van der Waals surface area contributed by atoms with E-state index < -0.39 is 11.8 Å². The van der Waals surface area contributed by atoms with Crippen molar-refractivity contribution >= 4 is 51.2 Å². The van der Waals surface area contributed by atoms with Gasteiger partial charge in [-0.15, -0.1) is 0 Å². The summed E-state index contributed by atoms with van der Waals surface area (Å²) in [4.78, 5) is 24.0. The Morgan fingerprint density at radius 3 is 2.47 bits per heavy atom. The summed E-state index contributed by atoms with van der Waals surface area (Å²) in [6.45, 7) is 6.12. The van der Waals surface area contributed by atoms with Gasteiger partial charge in [0, 0.05) is 11.6 Å². The average molecular weight is 520 g/mol. The van der Waals surface area contributed by atoms with Crippen LogP contribution in [-0.2, 0) is 15.0 Å².